The van der Waals surface area contributed by atoms with Gasteiger partial charge in [-0.1, -0.05) is 12.1 Å². The van der Waals surface area contributed by atoms with Crippen molar-refractivity contribution in [2.24, 2.45) is 0 Å². The second-order valence-electron chi connectivity index (χ2n) is 5.51. The molecule has 6 heteroatoms. The number of rotatable bonds is 5. The maximum Gasteiger partial charge on any atom is 0.317 e. The second-order valence-corrected chi connectivity index (χ2v) is 5.51. The van der Waals surface area contributed by atoms with E-state index in [0.717, 1.165) is 5.56 Å². The third-order valence-electron chi connectivity index (χ3n) is 3.52. The minimum absolute atomic E-state index is 0.232. The summed E-state index contributed by atoms with van der Waals surface area (Å²) in [5.74, 6) is -0.383. The van der Waals surface area contributed by atoms with Crippen molar-refractivity contribution in [3.63, 3.8) is 0 Å². The van der Waals surface area contributed by atoms with Crippen molar-refractivity contribution in [1.29, 1.82) is 0 Å². The Labute approximate surface area is 135 Å². The Bertz CT molecular complexity index is 710. The van der Waals surface area contributed by atoms with Crippen molar-refractivity contribution in [3.8, 4) is 5.69 Å². The second kappa shape index (κ2) is 7.09. The van der Waals surface area contributed by atoms with Gasteiger partial charge in [-0.25, -0.2) is 13.9 Å². The summed E-state index contributed by atoms with van der Waals surface area (Å²) in [6.07, 6.45) is 5.07. The third-order valence-corrected chi connectivity index (χ3v) is 3.52. The van der Waals surface area contributed by atoms with E-state index in [-0.39, 0.29) is 17.9 Å². The molecule has 5 nitrogen and oxygen atoms in total. The van der Waals surface area contributed by atoms with Crippen LogP contribution in [0.25, 0.3) is 5.69 Å². The van der Waals surface area contributed by atoms with E-state index in [9.17, 15) is 9.18 Å². The first-order valence-corrected chi connectivity index (χ1v) is 7.36. The van der Waals surface area contributed by atoms with Gasteiger partial charge in [-0.3, -0.25) is 0 Å². The number of hydrogen-bond donors (Lipinski definition) is 1. The van der Waals surface area contributed by atoms with Crippen LogP contribution in [-0.4, -0.2) is 34.3 Å². The molecule has 1 aromatic carbocycles. The van der Waals surface area contributed by atoms with Gasteiger partial charge in [0.05, 0.1) is 12.2 Å². The maximum atomic E-state index is 14.3. The number of halogens is 1. The third kappa shape index (κ3) is 3.97. The number of carbonyl (C=O) groups excluding carboxylic acids is 1. The molecule has 0 fully saturated rings. The minimum atomic E-state index is -0.383. The summed E-state index contributed by atoms with van der Waals surface area (Å²) in [4.78, 5) is 13.5. The van der Waals surface area contributed by atoms with Crippen molar-refractivity contribution in [1.82, 2.24) is 20.0 Å². The van der Waals surface area contributed by atoms with E-state index in [0.29, 0.717) is 17.8 Å². The number of hydrogen-bond acceptors (Lipinski definition) is 2. The first-order chi connectivity index (χ1) is 10.9. The Morgan fingerprint density at radius 3 is 2.87 bits per heavy atom. The molecule has 0 aliphatic carbocycles. The fraction of sp³-hybridized carbons (Fsp3) is 0.294. The number of carbonyl (C=O) groups is 1. The Balaban J connectivity index is 2.13. The highest BCUT2D eigenvalue weighted by Crippen LogP contribution is 2.19. The van der Waals surface area contributed by atoms with Crippen LogP contribution in [0, 0.1) is 12.7 Å². The Kier molecular flexibility index (Phi) is 5.16. The lowest BCUT2D eigenvalue weighted by atomic mass is 10.1. The molecule has 1 N–H and O–H groups in total. The monoisotopic (exact) mass is 316 g/mol. The summed E-state index contributed by atoms with van der Waals surface area (Å²) in [5, 5.41) is 6.93. The average Bonchev–Trinajstić information content (AvgIpc) is 2.93. The predicted molar refractivity (Wildman–Crippen MR) is 88.0 cm³/mol. The molecule has 0 bridgehead atoms. The molecular weight excluding hydrogens is 295 g/mol. The largest absolute Gasteiger partial charge is 0.331 e. The molecule has 1 atom stereocenters. The highest BCUT2D eigenvalue weighted by atomic mass is 19.1. The number of aromatic nitrogens is 2. The quantitative estimate of drug-likeness (QED) is 0.861. The normalized spacial score (nSPS) is 11.8. The number of nitrogens with one attached hydrogen (secondary N) is 1. The van der Waals surface area contributed by atoms with Gasteiger partial charge >= 0.3 is 6.03 Å². The van der Waals surface area contributed by atoms with Gasteiger partial charge in [-0.05, 0) is 37.1 Å². The average molecular weight is 316 g/mol. The molecule has 1 aromatic heterocycles. The van der Waals surface area contributed by atoms with Crippen molar-refractivity contribution in [2.45, 2.75) is 19.9 Å². The topological polar surface area (TPSA) is 50.2 Å². The molecule has 122 valence electrons. The summed E-state index contributed by atoms with van der Waals surface area (Å²) >= 11 is 0. The molecule has 0 aliphatic rings. The molecule has 2 amide bonds. The van der Waals surface area contributed by atoms with E-state index in [1.165, 1.54) is 15.6 Å². The molecular formula is C17H21FN4O. The van der Waals surface area contributed by atoms with Crippen molar-refractivity contribution in [3.05, 3.63) is 60.2 Å². The molecule has 1 heterocycles. The molecule has 0 aliphatic heterocycles. The number of urea groups is 1. The van der Waals surface area contributed by atoms with Gasteiger partial charge in [-0.15, -0.1) is 6.58 Å². The molecule has 0 unspecified atom stereocenters. The number of likely N-dealkylation sites (N-methyl/N-ethyl adjacent to an activating group) is 1. The summed E-state index contributed by atoms with van der Waals surface area (Å²) < 4.78 is 15.8. The van der Waals surface area contributed by atoms with Gasteiger partial charge < -0.3 is 10.2 Å². The summed E-state index contributed by atoms with van der Waals surface area (Å²) in [6.45, 7) is 7.75. The number of benzene rings is 1. The maximum absolute atomic E-state index is 14.3. The predicted octanol–water partition coefficient (Wildman–Crippen LogP) is 3.21. The minimum Gasteiger partial charge on any atom is -0.331 e. The fourth-order valence-electron chi connectivity index (χ4n) is 2.18. The smallest absolute Gasteiger partial charge is 0.317 e. The van der Waals surface area contributed by atoms with E-state index in [1.807, 2.05) is 13.8 Å². The van der Waals surface area contributed by atoms with Gasteiger partial charge in [0.15, 0.2) is 0 Å². The van der Waals surface area contributed by atoms with E-state index >= 15 is 0 Å². The van der Waals surface area contributed by atoms with Crippen LogP contribution < -0.4 is 5.32 Å². The van der Waals surface area contributed by atoms with Gasteiger partial charge in [-0.2, -0.15) is 5.10 Å². The van der Waals surface area contributed by atoms with Crippen LogP contribution in [0.4, 0.5) is 9.18 Å². The molecule has 23 heavy (non-hydrogen) atoms. The SMILES string of the molecule is C=CCN(C)C(=O)N[C@@H](C)c1ccc(-n2cc(C)cn2)c(F)c1. The first kappa shape index (κ1) is 16.7. The molecule has 0 spiro atoms. The van der Waals surface area contributed by atoms with Crippen LogP contribution in [0.3, 0.4) is 0 Å². The molecule has 2 rings (SSSR count). The van der Waals surface area contributed by atoms with E-state index in [1.54, 1.807) is 37.7 Å². The van der Waals surface area contributed by atoms with Crippen molar-refractivity contribution >= 4 is 6.03 Å². The van der Waals surface area contributed by atoms with Crippen LogP contribution in [0.5, 0.6) is 0 Å². The molecule has 0 radical (unpaired) electrons. The van der Waals surface area contributed by atoms with Crippen LogP contribution >= 0.6 is 0 Å². The fourth-order valence-corrected chi connectivity index (χ4v) is 2.18. The summed E-state index contributed by atoms with van der Waals surface area (Å²) in [6, 6.07) is 4.33. The Morgan fingerprint density at radius 1 is 1.57 bits per heavy atom. The lowest BCUT2D eigenvalue weighted by Gasteiger charge is -2.20. The van der Waals surface area contributed by atoms with E-state index in [2.05, 4.69) is 17.0 Å². The zero-order valence-electron chi connectivity index (χ0n) is 13.6. The van der Waals surface area contributed by atoms with Crippen molar-refractivity contribution < 1.29 is 9.18 Å². The molecule has 0 saturated heterocycles. The highest BCUT2D eigenvalue weighted by Gasteiger charge is 2.15. The molecule has 2 aromatic rings. The van der Waals surface area contributed by atoms with Gasteiger partial charge in [0.2, 0.25) is 0 Å². The van der Waals surface area contributed by atoms with Crippen LogP contribution in [0.15, 0.2) is 43.2 Å². The van der Waals surface area contributed by atoms with Crippen molar-refractivity contribution in [2.75, 3.05) is 13.6 Å². The summed E-state index contributed by atoms with van der Waals surface area (Å²) in [5.41, 5.74) is 2.03. The standard InChI is InChI=1S/C17H21FN4O/c1-5-8-21(4)17(23)20-13(3)14-6-7-16(15(18)9-14)22-11-12(2)10-19-22/h5-7,9-11,13H,1,8H2,2-4H3,(H,20,23)/t13-/m0/s1. The lowest BCUT2D eigenvalue weighted by molar-refractivity contribution is 0.210. The van der Waals surface area contributed by atoms with E-state index < -0.39 is 0 Å². The van der Waals surface area contributed by atoms with Gasteiger partial charge in [0, 0.05) is 19.8 Å². The lowest BCUT2D eigenvalue weighted by Crippen LogP contribution is -2.38. The number of amides is 2. The zero-order chi connectivity index (χ0) is 17.0. The first-order valence-electron chi connectivity index (χ1n) is 7.36. The van der Waals surface area contributed by atoms with E-state index in [4.69, 9.17) is 0 Å². The van der Waals surface area contributed by atoms with Crippen LogP contribution in [0.1, 0.15) is 24.1 Å². The van der Waals surface area contributed by atoms with Crippen LogP contribution in [-0.2, 0) is 0 Å². The molecule has 0 saturated carbocycles. The highest BCUT2D eigenvalue weighted by molar-refractivity contribution is 5.74. The number of nitrogens with zero attached hydrogens (tertiary/aromatic N) is 3. The Morgan fingerprint density at radius 2 is 2.30 bits per heavy atom. The van der Waals surface area contributed by atoms with Crippen LogP contribution in [0.2, 0.25) is 0 Å². The Hall–Kier alpha value is -2.63. The van der Waals surface area contributed by atoms with Gasteiger partial charge in [0.25, 0.3) is 0 Å². The summed E-state index contributed by atoms with van der Waals surface area (Å²) in [7, 11) is 1.67. The zero-order valence-corrected chi connectivity index (χ0v) is 13.6. The number of aryl methyl sites for hydroxylation is 1. The van der Waals surface area contributed by atoms with Gasteiger partial charge in [0.1, 0.15) is 11.5 Å².